The number of nitrogens with one attached hydrogen (secondary N) is 1. The second kappa shape index (κ2) is 15.1. The van der Waals surface area contributed by atoms with Crippen molar-refractivity contribution in [2.45, 2.75) is 19.8 Å². The van der Waals surface area contributed by atoms with Crippen molar-refractivity contribution in [1.29, 1.82) is 0 Å². The third-order valence-electron chi connectivity index (χ3n) is 1.54. The molecule has 0 saturated heterocycles. The molecule has 0 amide bonds. The Labute approximate surface area is 115 Å². The first-order valence-electron chi connectivity index (χ1n) is 5.01. The first-order valence-corrected chi connectivity index (χ1v) is 6.24. The van der Waals surface area contributed by atoms with Gasteiger partial charge in [0.1, 0.15) is 0 Å². The van der Waals surface area contributed by atoms with Crippen LogP contribution >= 0.6 is 8.25 Å². The Morgan fingerprint density at radius 1 is 1.27 bits per heavy atom. The molecular formula is C8H22N2NaO3P. The molecule has 7 heteroatoms. The van der Waals surface area contributed by atoms with Gasteiger partial charge in [-0.3, -0.25) is 4.57 Å². The van der Waals surface area contributed by atoms with Gasteiger partial charge in [0.2, 0.25) is 0 Å². The summed E-state index contributed by atoms with van der Waals surface area (Å²) >= 11 is 0. The van der Waals surface area contributed by atoms with E-state index in [1.54, 1.807) is 0 Å². The quantitative estimate of drug-likeness (QED) is 0.326. The zero-order valence-corrected chi connectivity index (χ0v) is 9.75. The topological polar surface area (TPSA) is 73.6 Å². The van der Waals surface area contributed by atoms with Gasteiger partial charge in [-0.1, -0.05) is 13.3 Å². The van der Waals surface area contributed by atoms with Crippen LogP contribution in [-0.4, -0.2) is 62.4 Å². The van der Waals surface area contributed by atoms with Crippen LogP contribution in [-0.2, 0) is 13.6 Å². The van der Waals surface area contributed by atoms with Gasteiger partial charge in [0, 0.05) is 19.6 Å². The van der Waals surface area contributed by atoms with Crippen molar-refractivity contribution in [2.24, 2.45) is 5.73 Å². The molecule has 0 bridgehead atoms. The van der Waals surface area contributed by atoms with Crippen LogP contribution < -0.4 is 11.1 Å². The Hall–Kier alpha value is 1.07. The predicted octanol–water partition coefficient (Wildman–Crippen LogP) is 0.109. The molecule has 1 atom stereocenters. The fraction of sp³-hybridized carbons (Fsp3) is 1.00. The average molecular weight is 248 g/mol. The first kappa shape index (κ1) is 18.4. The van der Waals surface area contributed by atoms with E-state index < -0.39 is 8.25 Å². The SMILES string of the molecule is CCCCO[PH](=O)OCCNCCN.[NaH]. The standard InChI is InChI=1S/C8H21N2O3P.Na.H/c1-2-3-7-12-14(11)13-8-6-10-5-4-9;;/h10,14H,2-9H2,1H3;;. The Balaban J connectivity index is 0. The summed E-state index contributed by atoms with van der Waals surface area (Å²) in [7, 11) is -2.27. The van der Waals surface area contributed by atoms with Gasteiger partial charge < -0.3 is 20.1 Å². The van der Waals surface area contributed by atoms with E-state index in [-0.39, 0.29) is 29.6 Å². The van der Waals surface area contributed by atoms with Gasteiger partial charge in [0.15, 0.2) is 0 Å². The minimum atomic E-state index is -2.27. The van der Waals surface area contributed by atoms with Gasteiger partial charge in [0.25, 0.3) is 0 Å². The van der Waals surface area contributed by atoms with E-state index in [2.05, 4.69) is 12.2 Å². The molecule has 0 spiro atoms. The second-order valence-electron chi connectivity index (χ2n) is 2.84. The van der Waals surface area contributed by atoms with E-state index >= 15 is 0 Å². The van der Waals surface area contributed by atoms with Crippen molar-refractivity contribution in [3.63, 3.8) is 0 Å². The normalized spacial score (nSPS) is 12.1. The molecule has 0 rings (SSSR count). The summed E-state index contributed by atoms with van der Waals surface area (Å²) in [5.41, 5.74) is 5.27. The number of rotatable bonds is 10. The molecule has 3 N–H and O–H groups in total. The van der Waals surface area contributed by atoms with Crippen molar-refractivity contribution in [3.05, 3.63) is 0 Å². The molecule has 0 aliphatic carbocycles. The van der Waals surface area contributed by atoms with Gasteiger partial charge in [0.05, 0.1) is 13.2 Å². The van der Waals surface area contributed by atoms with Crippen LogP contribution in [0.5, 0.6) is 0 Å². The minimum absolute atomic E-state index is 0. The zero-order chi connectivity index (χ0) is 10.6. The summed E-state index contributed by atoms with van der Waals surface area (Å²) in [5, 5.41) is 3.03. The fourth-order valence-electron chi connectivity index (χ4n) is 0.775. The van der Waals surface area contributed by atoms with E-state index in [1.807, 2.05) is 0 Å². The molecule has 0 aliphatic rings. The summed E-state index contributed by atoms with van der Waals surface area (Å²) in [5.74, 6) is 0. The van der Waals surface area contributed by atoms with E-state index in [4.69, 9.17) is 14.8 Å². The number of nitrogens with two attached hydrogens (primary N) is 1. The molecule has 0 radical (unpaired) electrons. The van der Waals surface area contributed by atoms with Crippen LogP contribution in [0.25, 0.3) is 0 Å². The Morgan fingerprint density at radius 2 is 1.93 bits per heavy atom. The van der Waals surface area contributed by atoms with Crippen LogP contribution in [0.1, 0.15) is 19.8 Å². The molecule has 15 heavy (non-hydrogen) atoms. The van der Waals surface area contributed by atoms with Crippen molar-refractivity contribution in [3.8, 4) is 0 Å². The van der Waals surface area contributed by atoms with E-state index in [0.717, 1.165) is 19.4 Å². The second-order valence-corrected chi connectivity index (χ2v) is 3.92. The van der Waals surface area contributed by atoms with Gasteiger partial charge in [-0.15, -0.1) is 0 Å². The molecule has 0 aliphatic heterocycles. The van der Waals surface area contributed by atoms with Crippen LogP contribution in [0.3, 0.4) is 0 Å². The van der Waals surface area contributed by atoms with Crippen LogP contribution in [0.2, 0.25) is 0 Å². The maximum atomic E-state index is 11.0. The van der Waals surface area contributed by atoms with Crippen LogP contribution in [0.15, 0.2) is 0 Å². The Morgan fingerprint density at radius 3 is 2.53 bits per heavy atom. The Bertz CT molecular complexity index is 152. The summed E-state index contributed by atoms with van der Waals surface area (Å²) < 4.78 is 21.0. The molecular weight excluding hydrogens is 226 g/mol. The zero-order valence-electron chi connectivity index (χ0n) is 8.75. The summed E-state index contributed by atoms with van der Waals surface area (Å²) in [6.07, 6.45) is 1.96. The molecule has 1 unspecified atom stereocenters. The predicted molar refractivity (Wildman–Crippen MR) is 64.9 cm³/mol. The summed E-state index contributed by atoms with van der Waals surface area (Å²) in [6.45, 7) is 4.99. The first-order chi connectivity index (χ1) is 6.81. The van der Waals surface area contributed by atoms with Crippen LogP contribution in [0, 0.1) is 0 Å². The third-order valence-corrected chi connectivity index (χ3v) is 2.42. The molecule has 0 fully saturated rings. The summed E-state index contributed by atoms with van der Waals surface area (Å²) in [4.78, 5) is 0. The van der Waals surface area contributed by atoms with E-state index in [1.165, 1.54) is 0 Å². The van der Waals surface area contributed by atoms with Gasteiger partial charge in [-0.05, 0) is 6.42 Å². The molecule has 0 aromatic rings. The molecule has 0 aromatic carbocycles. The molecule has 88 valence electrons. The van der Waals surface area contributed by atoms with Crippen molar-refractivity contribution >= 4 is 37.8 Å². The van der Waals surface area contributed by atoms with E-state index in [0.29, 0.717) is 26.3 Å². The number of hydrogen-bond donors (Lipinski definition) is 2. The Kier molecular flexibility index (Phi) is 18.5. The number of unbranched alkanes of at least 4 members (excludes halogenated alkanes) is 1. The third kappa shape index (κ3) is 15.1. The molecule has 0 aromatic heterocycles. The van der Waals surface area contributed by atoms with Crippen molar-refractivity contribution < 1.29 is 13.6 Å². The van der Waals surface area contributed by atoms with Crippen molar-refractivity contribution in [1.82, 2.24) is 5.32 Å². The summed E-state index contributed by atoms with van der Waals surface area (Å²) in [6, 6.07) is 0. The molecule has 0 saturated carbocycles. The van der Waals surface area contributed by atoms with E-state index in [9.17, 15) is 4.57 Å². The monoisotopic (exact) mass is 248 g/mol. The van der Waals surface area contributed by atoms with Crippen LogP contribution in [0.4, 0.5) is 0 Å². The van der Waals surface area contributed by atoms with Gasteiger partial charge in [-0.2, -0.15) is 0 Å². The fourth-order valence-corrected chi connectivity index (χ4v) is 1.44. The molecule has 0 heterocycles. The molecule has 5 nitrogen and oxygen atoms in total. The van der Waals surface area contributed by atoms with Gasteiger partial charge in [-0.25, -0.2) is 0 Å². The maximum absolute atomic E-state index is 11.0. The average Bonchev–Trinajstić information content (AvgIpc) is 2.18. The van der Waals surface area contributed by atoms with Crippen molar-refractivity contribution in [2.75, 3.05) is 32.8 Å². The van der Waals surface area contributed by atoms with Gasteiger partial charge >= 0.3 is 37.8 Å². The number of hydrogen-bond acceptors (Lipinski definition) is 5.